The van der Waals surface area contributed by atoms with Crippen molar-refractivity contribution in [2.45, 2.75) is 0 Å². The van der Waals surface area contributed by atoms with E-state index in [1.807, 2.05) is 64.5 Å². The van der Waals surface area contributed by atoms with E-state index in [1.54, 1.807) is 24.4 Å². The summed E-state index contributed by atoms with van der Waals surface area (Å²) >= 11 is 0. The third-order valence-corrected chi connectivity index (χ3v) is 6.97. The van der Waals surface area contributed by atoms with Crippen LogP contribution in [0.25, 0.3) is 28.2 Å². The maximum absolute atomic E-state index is 13.0. The molecule has 4 aromatic rings. The van der Waals surface area contributed by atoms with Gasteiger partial charge in [-0.15, -0.1) is 0 Å². The number of carbonyl (C=O) groups excluding carboxylic acids is 2. The van der Waals surface area contributed by atoms with Gasteiger partial charge < -0.3 is 9.80 Å². The zero-order chi connectivity index (χ0) is 23.8. The van der Waals surface area contributed by atoms with Gasteiger partial charge in [0.2, 0.25) is 5.91 Å². The second-order valence-electron chi connectivity index (χ2n) is 9.20. The predicted molar refractivity (Wildman–Crippen MR) is 132 cm³/mol. The number of hydrogen-bond donors (Lipinski definition) is 1. The van der Waals surface area contributed by atoms with Gasteiger partial charge in [0.1, 0.15) is 11.0 Å². The summed E-state index contributed by atoms with van der Waals surface area (Å²) in [6.07, 6.45) is 7.10. The third kappa shape index (κ3) is 4.19. The Bertz CT molecular complexity index is 1400. The molecule has 0 spiro atoms. The van der Waals surface area contributed by atoms with Crippen molar-refractivity contribution in [1.82, 2.24) is 30.2 Å². The fourth-order valence-electron chi connectivity index (χ4n) is 5.09. The van der Waals surface area contributed by atoms with Crippen LogP contribution in [0, 0.1) is 11.8 Å². The number of amides is 2. The van der Waals surface area contributed by atoms with Crippen molar-refractivity contribution in [2.24, 2.45) is 11.8 Å². The highest BCUT2D eigenvalue weighted by Gasteiger charge is 2.42. The van der Waals surface area contributed by atoms with Gasteiger partial charge in [-0.25, -0.2) is 0 Å². The molecule has 0 saturated carbocycles. The smallest absolute Gasteiger partial charge is 0.253 e. The highest BCUT2D eigenvalue weighted by Crippen LogP contribution is 2.32. The molecule has 6 rings (SSSR count). The molecule has 2 aromatic carbocycles. The lowest BCUT2D eigenvalue weighted by Crippen LogP contribution is -2.35. The number of pyridine rings is 1. The van der Waals surface area contributed by atoms with Crippen LogP contribution in [0.15, 0.2) is 73.1 Å². The SMILES string of the molecule is O=C(/C=C/c1ccc(-c2cccnc2)cc1)N1CC2CN(C(=O)c3ccc4n[nH]nc4c3)CC2C1. The monoisotopic (exact) mass is 464 g/mol. The average Bonchev–Trinajstić information content (AvgIpc) is 3.62. The number of hydrogen-bond acceptors (Lipinski definition) is 5. The Morgan fingerprint density at radius 3 is 2.34 bits per heavy atom. The summed E-state index contributed by atoms with van der Waals surface area (Å²) in [4.78, 5) is 33.8. The highest BCUT2D eigenvalue weighted by molar-refractivity contribution is 5.97. The normalized spacial score (nSPS) is 19.5. The molecule has 2 saturated heterocycles. The van der Waals surface area contributed by atoms with E-state index in [0.717, 1.165) is 22.2 Å². The van der Waals surface area contributed by atoms with E-state index in [0.29, 0.717) is 49.1 Å². The summed E-state index contributed by atoms with van der Waals surface area (Å²) in [5, 5.41) is 10.7. The lowest BCUT2D eigenvalue weighted by Gasteiger charge is -2.21. The molecule has 8 nitrogen and oxygen atoms in total. The molecule has 2 atom stereocenters. The molecule has 2 aliphatic heterocycles. The van der Waals surface area contributed by atoms with E-state index >= 15 is 0 Å². The highest BCUT2D eigenvalue weighted by atomic mass is 16.2. The standard InChI is InChI=1S/C27H24N6O2/c34-26(10-5-18-3-6-19(7-4-18)21-2-1-11-28-13-21)32-14-22-16-33(17-23(22)15-32)27(35)20-8-9-24-25(12-20)30-31-29-24/h1-13,22-23H,14-17H2,(H,29,30,31)/b10-5+. The first-order chi connectivity index (χ1) is 17.1. The van der Waals surface area contributed by atoms with Gasteiger partial charge in [-0.05, 0) is 47.0 Å². The average molecular weight is 465 g/mol. The van der Waals surface area contributed by atoms with E-state index in [4.69, 9.17) is 0 Å². The van der Waals surface area contributed by atoms with Crippen LogP contribution in [-0.2, 0) is 4.79 Å². The van der Waals surface area contributed by atoms with E-state index < -0.39 is 0 Å². The van der Waals surface area contributed by atoms with Crippen molar-refractivity contribution in [3.05, 3.63) is 84.2 Å². The summed E-state index contributed by atoms with van der Waals surface area (Å²) < 4.78 is 0. The number of nitrogens with zero attached hydrogens (tertiary/aromatic N) is 5. The molecule has 0 radical (unpaired) electrons. The Labute approximate surface area is 202 Å². The van der Waals surface area contributed by atoms with Gasteiger partial charge in [0, 0.05) is 62.0 Å². The number of aromatic nitrogens is 4. The number of rotatable bonds is 4. The van der Waals surface area contributed by atoms with Crippen molar-refractivity contribution in [2.75, 3.05) is 26.2 Å². The number of fused-ring (bicyclic) bond motifs is 2. The Hall–Kier alpha value is -4.33. The van der Waals surface area contributed by atoms with Crippen LogP contribution in [0.3, 0.4) is 0 Å². The molecule has 2 fully saturated rings. The molecule has 35 heavy (non-hydrogen) atoms. The number of benzene rings is 2. The lowest BCUT2D eigenvalue weighted by atomic mass is 10.0. The number of carbonyl (C=O) groups is 2. The molecular weight excluding hydrogens is 440 g/mol. The van der Waals surface area contributed by atoms with Crippen LogP contribution in [0.2, 0.25) is 0 Å². The van der Waals surface area contributed by atoms with Gasteiger partial charge in [-0.3, -0.25) is 14.6 Å². The third-order valence-electron chi connectivity index (χ3n) is 6.97. The van der Waals surface area contributed by atoms with Crippen LogP contribution in [0.5, 0.6) is 0 Å². The van der Waals surface area contributed by atoms with E-state index in [1.165, 1.54) is 0 Å². The van der Waals surface area contributed by atoms with Crippen molar-refractivity contribution < 1.29 is 9.59 Å². The summed E-state index contributed by atoms with van der Waals surface area (Å²) in [6.45, 7) is 2.70. The second-order valence-corrected chi connectivity index (χ2v) is 9.20. The molecule has 174 valence electrons. The zero-order valence-electron chi connectivity index (χ0n) is 19.0. The van der Waals surface area contributed by atoms with Crippen molar-refractivity contribution >= 4 is 28.9 Å². The van der Waals surface area contributed by atoms with Gasteiger partial charge in [-0.1, -0.05) is 30.3 Å². The number of likely N-dealkylation sites (tertiary alicyclic amines) is 2. The number of H-pyrrole nitrogens is 1. The van der Waals surface area contributed by atoms with Gasteiger partial charge >= 0.3 is 0 Å². The maximum atomic E-state index is 13.0. The van der Waals surface area contributed by atoms with E-state index in [2.05, 4.69) is 20.4 Å². The zero-order valence-corrected chi connectivity index (χ0v) is 19.0. The summed E-state index contributed by atoms with van der Waals surface area (Å²) in [5.74, 6) is 0.651. The quantitative estimate of drug-likeness (QED) is 0.468. The Morgan fingerprint density at radius 2 is 1.60 bits per heavy atom. The Kier molecular flexibility index (Phi) is 5.33. The Morgan fingerprint density at radius 1 is 0.857 bits per heavy atom. The fraction of sp³-hybridized carbons (Fsp3) is 0.222. The topological polar surface area (TPSA) is 95.1 Å². The van der Waals surface area contributed by atoms with Crippen molar-refractivity contribution in [1.29, 1.82) is 0 Å². The minimum Gasteiger partial charge on any atom is -0.338 e. The molecule has 2 aliphatic rings. The predicted octanol–water partition coefficient (Wildman–Crippen LogP) is 3.26. The minimum absolute atomic E-state index is 0.0109. The molecule has 2 aromatic heterocycles. The molecule has 2 amide bonds. The van der Waals surface area contributed by atoms with Crippen molar-refractivity contribution in [3.8, 4) is 11.1 Å². The van der Waals surface area contributed by atoms with Crippen LogP contribution >= 0.6 is 0 Å². The van der Waals surface area contributed by atoms with E-state index in [9.17, 15) is 9.59 Å². The molecule has 1 N–H and O–H groups in total. The minimum atomic E-state index is 0.0109. The molecule has 0 bridgehead atoms. The van der Waals surface area contributed by atoms with Crippen molar-refractivity contribution in [3.63, 3.8) is 0 Å². The molecule has 2 unspecified atom stereocenters. The molecule has 8 heteroatoms. The Balaban J connectivity index is 1.05. The first-order valence-electron chi connectivity index (χ1n) is 11.7. The largest absolute Gasteiger partial charge is 0.338 e. The van der Waals surface area contributed by atoms with E-state index in [-0.39, 0.29) is 11.8 Å². The summed E-state index contributed by atoms with van der Waals surface area (Å²) in [6, 6.07) is 17.4. The van der Waals surface area contributed by atoms with Gasteiger partial charge in [0.25, 0.3) is 5.91 Å². The summed E-state index contributed by atoms with van der Waals surface area (Å²) in [5.41, 5.74) is 5.18. The van der Waals surface area contributed by atoms with Crippen LogP contribution in [0.4, 0.5) is 0 Å². The molecule has 0 aliphatic carbocycles. The fourth-order valence-corrected chi connectivity index (χ4v) is 5.09. The molecular formula is C27H24N6O2. The van der Waals surface area contributed by atoms with Crippen LogP contribution in [-0.4, -0.2) is 68.2 Å². The molecule has 4 heterocycles. The van der Waals surface area contributed by atoms with Gasteiger partial charge in [-0.2, -0.15) is 15.4 Å². The second kappa shape index (κ2) is 8.79. The maximum Gasteiger partial charge on any atom is 0.253 e. The van der Waals surface area contributed by atoms with Crippen LogP contribution < -0.4 is 0 Å². The number of nitrogens with one attached hydrogen (secondary N) is 1. The first-order valence-corrected chi connectivity index (χ1v) is 11.7. The van der Waals surface area contributed by atoms with Crippen LogP contribution in [0.1, 0.15) is 15.9 Å². The summed E-state index contributed by atoms with van der Waals surface area (Å²) in [7, 11) is 0. The number of aromatic amines is 1. The van der Waals surface area contributed by atoms with Gasteiger partial charge in [0.15, 0.2) is 0 Å². The first kappa shape index (κ1) is 21.2. The lowest BCUT2D eigenvalue weighted by molar-refractivity contribution is -0.125. The van der Waals surface area contributed by atoms with Gasteiger partial charge in [0.05, 0.1) is 0 Å².